The third-order valence-electron chi connectivity index (χ3n) is 16.2. The second-order valence-corrected chi connectivity index (χ2v) is 26.6. The fourth-order valence-electron chi connectivity index (χ4n) is 10.3. The van der Waals surface area contributed by atoms with Gasteiger partial charge in [0.25, 0.3) is 6.29 Å². The van der Waals surface area contributed by atoms with Crippen LogP contribution in [0.1, 0.15) is 296 Å². The van der Waals surface area contributed by atoms with Gasteiger partial charge in [-0.25, -0.2) is 4.79 Å². The van der Waals surface area contributed by atoms with Crippen LogP contribution < -0.4 is 0 Å². The van der Waals surface area contributed by atoms with Crippen LogP contribution in [0.4, 0.5) is 0 Å². The van der Waals surface area contributed by atoms with Crippen LogP contribution in [0.25, 0.3) is 0 Å². The second-order valence-electron chi connectivity index (χ2n) is 26.6. The lowest BCUT2D eigenvalue weighted by atomic mass is 10.0. The summed E-state index contributed by atoms with van der Waals surface area (Å²) in [6.45, 7) is 4.64. The Morgan fingerprint density at radius 3 is 0.825 bits per heavy atom. The lowest BCUT2D eigenvalue weighted by Crippen LogP contribution is -2.40. The first kappa shape index (κ1) is 91.4. The molecule has 9 nitrogen and oxygen atoms in total. The Morgan fingerprint density at radius 2 is 0.557 bits per heavy atom. The Kier molecular flexibility index (Phi) is 71.7. The van der Waals surface area contributed by atoms with E-state index in [2.05, 4.69) is 196 Å². The minimum atomic E-state index is -1.52. The molecule has 97 heavy (non-hydrogen) atoms. The monoisotopic (exact) mass is 1340 g/mol. The van der Waals surface area contributed by atoms with Gasteiger partial charge in [-0.1, -0.05) is 331 Å². The number of rotatable bonds is 70. The summed E-state index contributed by atoms with van der Waals surface area (Å²) in [5.74, 6) is -2.02. The van der Waals surface area contributed by atoms with Gasteiger partial charge in [-0.3, -0.25) is 9.59 Å². The van der Waals surface area contributed by atoms with E-state index in [0.29, 0.717) is 23.9 Å². The summed E-state index contributed by atoms with van der Waals surface area (Å²) in [7, 11) is 5.97. The zero-order valence-corrected chi connectivity index (χ0v) is 62.7. The molecule has 0 spiro atoms. The number of carboxylic acids is 1. The third kappa shape index (κ3) is 77.6. The number of carbonyl (C=O) groups is 3. The molecule has 0 aromatic rings. The minimum Gasteiger partial charge on any atom is -0.477 e. The highest BCUT2D eigenvalue weighted by Crippen LogP contribution is 2.17. The zero-order valence-electron chi connectivity index (χ0n) is 62.7. The van der Waals surface area contributed by atoms with Gasteiger partial charge in [0.1, 0.15) is 13.2 Å². The van der Waals surface area contributed by atoms with Crippen LogP contribution in [0.2, 0.25) is 0 Å². The highest BCUT2D eigenvalue weighted by Gasteiger charge is 2.25. The van der Waals surface area contributed by atoms with Crippen molar-refractivity contribution in [2.75, 3.05) is 47.5 Å². The van der Waals surface area contributed by atoms with Crippen molar-refractivity contribution in [3.05, 3.63) is 182 Å². The average Bonchev–Trinajstić information content (AvgIpc) is 2.39. The van der Waals surface area contributed by atoms with Gasteiger partial charge in [-0.2, -0.15) is 0 Å². The van der Waals surface area contributed by atoms with Crippen molar-refractivity contribution in [3.63, 3.8) is 0 Å². The molecule has 0 aromatic carbocycles. The van der Waals surface area contributed by atoms with E-state index in [-0.39, 0.29) is 32.2 Å². The minimum absolute atomic E-state index is 0.178. The zero-order chi connectivity index (χ0) is 70.4. The van der Waals surface area contributed by atoms with Gasteiger partial charge in [0.05, 0.1) is 34.4 Å². The molecule has 0 aromatic heterocycles. The average molecular weight is 1340 g/mol. The lowest BCUT2D eigenvalue weighted by Gasteiger charge is -2.25. The van der Waals surface area contributed by atoms with Crippen LogP contribution in [-0.2, 0) is 33.3 Å². The predicted octanol–water partition coefficient (Wildman–Crippen LogP) is 25.1. The molecule has 0 saturated carbocycles. The number of hydrogen-bond donors (Lipinski definition) is 1. The molecule has 0 fully saturated rings. The molecule has 0 bridgehead atoms. The van der Waals surface area contributed by atoms with Crippen molar-refractivity contribution in [1.29, 1.82) is 0 Å². The summed E-state index contributed by atoms with van der Waals surface area (Å²) in [4.78, 5) is 37.7. The van der Waals surface area contributed by atoms with Gasteiger partial charge in [-0.15, -0.1) is 0 Å². The van der Waals surface area contributed by atoms with Crippen LogP contribution in [0, 0.1) is 0 Å². The molecule has 0 rings (SSSR count). The molecule has 0 heterocycles. The highest BCUT2D eigenvalue weighted by atomic mass is 16.7. The van der Waals surface area contributed by atoms with E-state index in [0.717, 1.165) is 141 Å². The van der Waals surface area contributed by atoms with Crippen molar-refractivity contribution in [1.82, 2.24) is 0 Å². The molecule has 0 radical (unpaired) electrons. The fraction of sp³-hybridized carbons (Fsp3) is 0.625. The standard InChI is InChI=1S/C88H143NO8/c1-6-8-10-12-14-16-18-20-22-24-26-28-30-32-34-36-38-40-41-42-43-44-45-47-49-51-53-55-57-59-61-63-65-67-69-71-73-75-77-79-86(91)97-84(83-96-88(87(92)93)94-81-80-89(3,4)5)82-95-85(90)78-76-74-72-70-68-66-64-62-60-58-56-54-52-50-48-46-39-37-35-33-31-29-27-25-23-21-19-17-15-13-11-9-7-2/h8-11,14-17,20-23,26-29,32-35,38,40,42-43,45,47,51,53,57,59,84,88H,6-7,12-13,18-19,24-25,30-31,36-37,39,41,44,46,48-50,52,54-56,58,60-83H2,1-5H3/p+1/b10-8-,11-9-,16-14-,17-15-,22-20-,23-21-,28-26-,29-27-,34-32-,35-33-,40-38-,43-42-,47-45-,53-51-,59-57-. The van der Waals surface area contributed by atoms with E-state index >= 15 is 0 Å². The van der Waals surface area contributed by atoms with E-state index in [4.69, 9.17) is 18.9 Å². The Morgan fingerprint density at radius 1 is 0.309 bits per heavy atom. The van der Waals surface area contributed by atoms with Crippen LogP contribution >= 0.6 is 0 Å². The number of quaternary nitrogens is 1. The first-order valence-corrected chi connectivity index (χ1v) is 38.9. The van der Waals surface area contributed by atoms with Crippen LogP contribution in [0.5, 0.6) is 0 Å². The number of nitrogens with zero attached hydrogens (tertiary/aromatic N) is 1. The van der Waals surface area contributed by atoms with Crippen molar-refractivity contribution in [2.45, 2.75) is 309 Å². The maximum Gasteiger partial charge on any atom is 0.361 e. The molecule has 2 unspecified atom stereocenters. The van der Waals surface area contributed by atoms with Crippen LogP contribution in [0.15, 0.2) is 182 Å². The normalized spacial score (nSPS) is 13.7. The first-order valence-electron chi connectivity index (χ1n) is 38.9. The maximum absolute atomic E-state index is 13.0. The Balaban J connectivity index is 4.13. The number of esters is 2. The highest BCUT2D eigenvalue weighted by molar-refractivity contribution is 5.71. The number of carboxylic acid groups (broad SMARTS) is 1. The maximum atomic E-state index is 13.0. The summed E-state index contributed by atoms with van der Waals surface area (Å²) in [5.41, 5.74) is 0. The molecule has 0 aliphatic rings. The largest absolute Gasteiger partial charge is 0.477 e. The molecule has 548 valence electrons. The van der Waals surface area contributed by atoms with Gasteiger partial charge in [0.15, 0.2) is 6.10 Å². The van der Waals surface area contributed by atoms with Crippen molar-refractivity contribution >= 4 is 17.9 Å². The van der Waals surface area contributed by atoms with Crippen molar-refractivity contribution in [3.8, 4) is 0 Å². The molecular weight excluding hydrogens is 1200 g/mol. The quantitative estimate of drug-likeness (QED) is 0.0211. The molecular formula is C88H144NO8+. The molecule has 1 N–H and O–H groups in total. The van der Waals surface area contributed by atoms with E-state index in [1.54, 1.807) is 0 Å². The lowest BCUT2D eigenvalue weighted by molar-refractivity contribution is -0.870. The van der Waals surface area contributed by atoms with Crippen molar-refractivity contribution in [2.24, 2.45) is 0 Å². The Bertz CT molecular complexity index is 2260. The number of likely N-dealkylation sites (N-methyl/N-ethyl adjacent to an activating group) is 1. The van der Waals surface area contributed by atoms with Crippen LogP contribution in [-0.4, -0.2) is 87.4 Å². The summed E-state index contributed by atoms with van der Waals surface area (Å²) in [5, 5.41) is 9.77. The van der Waals surface area contributed by atoms with Gasteiger partial charge >= 0.3 is 17.9 Å². The molecule has 9 heteroatoms. The summed E-state index contributed by atoms with van der Waals surface area (Å²) in [6.07, 6.45) is 113. The second kappa shape index (κ2) is 76.1. The van der Waals surface area contributed by atoms with E-state index in [1.165, 1.54) is 122 Å². The SMILES string of the molecule is CC/C=C\C/C=C\C/C=C\C/C=C\C/C=C\C/C=C\C/C=C\C/C=C\C/C=C\C/C=C\CCCCCCCCCCC(=O)OC(COC(=O)CCCCCCCCCCCCCCCCCCC/C=C\C/C=C\C/C=C\C/C=C\C/C=C\CC)COC(OCC[N+](C)(C)C)C(=O)O. The first-order chi connectivity index (χ1) is 47.6. The van der Waals surface area contributed by atoms with Gasteiger partial charge < -0.3 is 28.5 Å². The predicted molar refractivity (Wildman–Crippen MR) is 419 cm³/mol. The number of allylic oxidation sites excluding steroid dienone is 30. The molecule has 0 amide bonds. The Labute approximate surface area is 596 Å². The smallest absolute Gasteiger partial charge is 0.361 e. The number of carbonyl (C=O) groups excluding carboxylic acids is 2. The fourth-order valence-corrected chi connectivity index (χ4v) is 10.3. The topological polar surface area (TPSA) is 108 Å². The van der Waals surface area contributed by atoms with E-state index in [1.807, 2.05) is 21.1 Å². The van der Waals surface area contributed by atoms with Gasteiger partial charge in [0, 0.05) is 12.8 Å². The number of aliphatic carboxylic acids is 1. The molecule has 0 saturated heterocycles. The summed E-state index contributed by atoms with van der Waals surface area (Å²) >= 11 is 0. The Hall–Kier alpha value is -5.61. The number of unbranched alkanes of at least 4 members (excludes halogenated alkanes) is 25. The van der Waals surface area contributed by atoms with Gasteiger partial charge in [-0.05, 0) is 135 Å². The molecule has 0 aliphatic heterocycles. The van der Waals surface area contributed by atoms with Gasteiger partial charge in [0.2, 0.25) is 0 Å². The molecule has 0 aliphatic carbocycles. The van der Waals surface area contributed by atoms with Crippen molar-refractivity contribution < 1.29 is 42.9 Å². The number of hydrogen-bond acceptors (Lipinski definition) is 7. The van der Waals surface area contributed by atoms with E-state index in [9.17, 15) is 19.5 Å². The summed E-state index contributed by atoms with van der Waals surface area (Å²) < 4.78 is 23.0. The summed E-state index contributed by atoms with van der Waals surface area (Å²) in [6, 6.07) is 0. The number of ether oxygens (including phenoxy) is 4. The molecule has 2 atom stereocenters. The van der Waals surface area contributed by atoms with E-state index < -0.39 is 24.3 Å². The third-order valence-corrected chi connectivity index (χ3v) is 16.2. The van der Waals surface area contributed by atoms with Crippen LogP contribution in [0.3, 0.4) is 0 Å².